The molecule has 0 rings (SSSR count). The second kappa shape index (κ2) is 20.2. The molecule has 0 saturated carbocycles. The maximum atomic E-state index is 11.3. The predicted octanol–water partition coefficient (Wildman–Crippen LogP) is 6.86. The van der Waals surface area contributed by atoms with E-state index in [-0.39, 0.29) is 5.97 Å². The molecule has 0 spiro atoms. The van der Waals surface area contributed by atoms with Crippen LogP contribution in [0.15, 0.2) is 60.8 Å². The predicted molar refractivity (Wildman–Crippen MR) is 110 cm³/mol. The summed E-state index contributed by atoms with van der Waals surface area (Å²) >= 11 is 0. The number of carbonyl (C=O) groups is 1. The Morgan fingerprint density at radius 3 is 1.68 bits per heavy atom. The third-order valence-electron chi connectivity index (χ3n) is 3.38. The van der Waals surface area contributed by atoms with Crippen LogP contribution in [0, 0.1) is 0 Å². The van der Waals surface area contributed by atoms with Crippen molar-refractivity contribution in [1.82, 2.24) is 0 Å². The summed E-state index contributed by atoms with van der Waals surface area (Å²) in [6.07, 6.45) is 30.2. The van der Waals surface area contributed by atoms with Gasteiger partial charge in [-0.3, -0.25) is 4.79 Å². The van der Waals surface area contributed by atoms with Gasteiger partial charge in [0.05, 0.1) is 6.61 Å². The summed E-state index contributed by atoms with van der Waals surface area (Å²) in [6, 6.07) is 0. The number of esters is 1. The fraction of sp³-hybridized carbons (Fsp3) is 0.522. The summed E-state index contributed by atoms with van der Waals surface area (Å²) in [7, 11) is 0. The molecule has 25 heavy (non-hydrogen) atoms. The van der Waals surface area contributed by atoms with E-state index in [1.807, 2.05) is 6.92 Å². The highest BCUT2D eigenvalue weighted by Crippen LogP contribution is 2.01. The van der Waals surface area contributed by atoms with E-state index in [0.29, 0.717) is 13.0 Å². The fourth-order valence-electron chi connectivity index (χ4n) is 2.02. The first kappa shape index (κ1) is 23.2. The Balaban J connectivity index is 3.49. The number of ether oxygens (including phenoxy) is 1. The first-order valence-corrected chi connectivity index (χ1v) is 9.71. The van der Waals surface area contributed by atoms with Gasteiger partial charge >= 0.3 is 5.97 Å². The van der Waals surface area contributed by atoms with Crippen LogP contribution in [0.2, 0.25) is 0 Å². The van der Waals surface area contributed by atoms with Crippen LogP contribution >= 0.6 is 0 Å². The van der Waals surface area contributed by atoms with E-state index < -0.39 is 0 Å². The van der Waals surface area contributed by atoms with E-state index in [1.54, 1.807) is 0 Å². The molecule has 0 aliphatic heterocycles. The molecule has 0 bridgehead atoms. The molecule has 2 nitrogen and oxygen atoms in total. The molecule has 140 valence electrons. The number of hydrogen-bond acceptors (Lipinski definition) is 2. The van der Waals surface area contributed by atoms with E-state index in [9.17, 15) is 4.79 Å². The van der Waals surface area contributed by atoms with Crippen LogP contribution in [-0.4, -0.2) is 12.6 Å². The molecule has 0 aliphatic rings. The molecule has 0 aromatic rings. The Labute approximate surface area is 155 Å². The Morgan fingerprint density at radius 1 is 0.720 bits per heavy atom. The van der Waals surface area contributed by atoms with Gasteiger partial charge in [-0.15, -0.1) is 0 Å². The molecule has 0 saturated heterocycles. The number of allylic oxidation sites excluding steroid dienone is 10. The highest BCUT2D eigenvalue weighted by molar-refractivity contribution is 5.69. The van der Waals surface area contributed by atoms with Crippen LogP contribution in [-0.2, 0) is 9.53 Å². The molecule has 0 heterocycles. The molecule has 0 aromatic heterocycles. The highest BCUT2D eigenvalue weighted by Gasteiger charge is 1.99. The van der Waals surface area contributed by atoms with Crippen molar-refractivity contribution in [2.24, 2.45) is 0 Å². The maximum absolute atomic E-state index is 11.3. The monoisotopic (exact) mass is 344 g/mol. The van der Waals surface area contributed by atoms with Gasteiger partial charge in [0.2, 0.25) is 0 Å². The van der Waals surface area contributed by atoms with Gasteiger partial charge in [0.25, 0.3) is 0 Å². The van der Waals surface area contributed by atoms with Crippen molar-refractivity contribution in [3.05, 3.63) is 60.8 Å². The van der Waals surface area contributed by atoms with Crippen molar-refractivity contribution in [3.63, 3.8) is 0 Å². The molecule has 0 aromatic carbocycles. The molecule has 2 heteroatoms. The molecular weight excluding hydrogens is 308 g/mol. The standard InChI is InChI=1S/C23H36O2/c1-3-5-6-7-8-9-10-11-12-13-14-15-16-17-18-19-20-21-23(24)25-22-4-2/h5-6,8-9,11-12,14-15,17-18H,3-4,7,10,13,16,19-22H2,1-2H3/b6-5?,9-8?,12-11?,15-14?,18-17-. The van der Waals surface area contributed by atoms with Crippen LogP contribution in [0.3, 0.4) is 0 Å². The lowest BCUT2D eigenvalue weighted by atomic mass is 10.2. The third kappa shape index (κ3) is 20.1. The van der Waals surface area contributed by atoms with Crippen molar-refractivity contribution >= 4 is 5.97 Å². The van der Waals surface area contributed by atoms with Crippen LogP contribution in [0.4, 0.5) is 0 Å². The number of rotatable bonds is 15. The lowest BCUT2D eigenvalue weighted by molar-refractivity contribution is -0.143. The Bertz CT molecular complexity index is 439. The van der Waals surface area contributed by atoms with E-state index in [4.69, 9.17) is 4.74 Å². The largest absolute Gasteiger partial charge is 0.466 e. The Hall–Kier alpha value is -1.83. The van der Waals surface area contributed by atoms with Gasteiger partial charge in [-0.2, -0.15) is 0 Å². The van der Waals surface area contributed by atoms with E-state index in [2.05, 4.69) is 67.7 Å². The Kier molecular flexibility index (Phi) is 18.7. The fourth-order valence-corrected chi connectivity index (χ4v) is 2.02. The van der Waals surface area contributed by atoms with Crippen LogP contribution in [0.5, 0.6) is 0 Å². The molecule has 0 N–H and O–H groups in total. The molecule has 0 radical (unpaired) electrons. The van der Waals surface area contributed by atoms with Gasteiger partial charge in [-0.05, 0) is 51.4 Å². The Morgan fingerprint density at radius 2 is 1.20 bits per heavy atom. The first-order valence-electron chi connectivity index (χ1n) is 9.71. The third-order valence-corrected chi connectivity index (χ3v) is 3.38. The summed E-state index contributed by atoms with van der Waals surface area (Å²) < 4.78 is 5.03. The minimum atomic E-state index is -0.0748. The normalized spacial score (nSPS) is 12.6. The van der Waals surface area contributed by atoms with Gasteiger partial charge < -0.3 is 4.74 Å². The summed E-state index contributed by atoms with van der Waals surface area (Å²) in [5.41, 5.74) is 0. The first-order chi connectivity index (χ1) is 12.3. The van der Waals surface area contributed by atoms with Gasteiger partial charge in [-0.25, -0.2) is 0 Å². The van der Waals surface area contributed by atoms with E-state index >= 15 is 0 Å². The SMILES string of the molecule is CCC=CCC=CCC=CCC=CC/C=C\CCCC(=O)OCCC. The van der Waals surface area contributed by atoms with Crippen molar-refractivity contribution in [2.45, 2.75) is 71.6 Å². The smallest absolute Gasteiger partial charge is 0.305 e. The molecule has 0 atom stereocenters. The molecule has 0 aliphatic carbocycles. The van der Waals surface area contributed by atoms with Crippen molar-refractivity contribution in [2.75, 3.05) is 6.61 Å². The summed E-state index contributed by atoms with van der Waals surface area (Å²) in [5.74, 6) is -0.0748. The van der Waals surface area contributed by atoms with E-state index in [0.717, 1.165) is 51.4 Å². The quantitative estimate of drug-likeness (QED) is 0.184. The van der Waals surface area contributed by atoms with Gasteiger partial charge in [0.15, 0.2) is 0 Å². The van der Waals surface area contributed by atoms with Crippen LogP contribution < -0.4 is 0 Å². The topological polar surface area (TPSA) is 26.3 Å². The second-order valence-corrected chi connectivity index (χ2v) is 5.82. The van der Waals surface area contributed by atoms with Crippen LogP contribution in [0.1, 0.15) is 71.6 Å². The summed E-state index contributed by atoms with van der Waals surface area (Å²) in [4.78, 5) is 11.3. The highest BCUT2D eigenvalue weighted by atomic mass is 16.5. The molecule has 0 unspecified atom stereocenters. The number of carbonyl (C=O) groups excluding carboxylic acids is 1. The van der Waals surface area contributed by atoms with Crippen molar-refractivity contribution in [3.8, 4) is 0 Å². The molecular formula is C23H36O2. The van der Waals surface area contributed by atoms with E-state index in [1.165, 1.54) is 0 Å². The minimum Gasteiger partial charge on any atom is -0.466 e. The minimum absolute atomic E-state index is 0.0748. The van der Waals surface area contributed by atoms with Gasteiger partial charge in [0.1, 0.15) is 0 Å². The van der Waals surface area contributed by atoms with Crippen molar-refractivity contribution in [1.29, 1.82) is 0 Å². The number of unbranched alkanes of at least 4 members (excludes halogenated alkanes) is 1. The lowest BCUT2D eigenvalue weighted by Crippen LogP contribution is -2.04. The van der Waals surface area contributed by atoms with Crippen molar-refractivity contribution < 1.29 is 9.53 Å². The zero-order valence-electron chi connectivity index (χ0n) is 16.2. The average Bonchev–Trinajstić information content (AvgIpc) is 2.62. The number of hydrogen-bond donors (Lipinski definition) is 0. The zero-order valence-corrected chi connectivity index (χ0v) is 16.2. The summed E-state index contributed by atoms with van der Waals surface area (Å²) in [5, 5.41) is 0. The lowest BCUT2D eigenvalue weighted by Gasteiger charge is -2.00. The zero-order chi connectivity index (χ0) is 18.4. The average molecular weight is 345 g/mol. The molecule has 0 amide bonds. The van der Waals surface area contributed by atoms with Gasteiger partial charge in [0, 0.05) is 6.42 Å². The maximum Gasteiger partial charge on any atom is 0.305 e. The summed E-state index contributed by atoms with van der Waals surface area (Å²) in [6.45, 7) is 4.70. The second-order valence-electron chi connectivity index (χ2n) is 5.82. The van der Waals surface area contributed by atoms with Crippen LogP contribution in [0.25, 0.3) is 0 Å². The van der Waals surface area contributed by atoms with Gasteiger partial charge in [-0.1, -0.05) is 74.6 Å². The molecule has 0 fully saturated rings.